The van der Waals surface area contributed by atoms with Gasteiger partial charge < -0.3 is 10.6 Å². The second kappa shape index (κ2) is 7.93. The SMILES string of the molecule is Cc1cc(F)cc(Nc2cc(NC(C)(C)C)nc(-c3cccc(C(C)(F)F)n3)n2)c1. The van der Waals surface area contributed by atoms with Crippen molar-refractivity contribution in [2.75, 3.05) is 10.6 Å². The van der Waals surface area contributed by atoms with Gasteiger partial charge in [-0.3, -0.25) is 0 Å². The molecule has 0 unspecified atom stereocenters. The van der Waals surface area contributed by atoms with Gasteiger partial charge in [-0.25, -0.2) is 19.3 Å². The molecule has 1 aromatic carbocycles. The molecule has 30 heavy (non-hydrogen) atoms. The van der Waals surface area contributed by atoms with E-state index in [4.69, 9.17) is 0 Å². The molecule has 3 aromatic rings. The van der Waals surface area contributed by atoms with Gasteiger partial charge in [0.2, 0.25) is 0 Å². The van der Waals surface area contributed by atoms with E-state index in [1.165, 1.54) is 24.3 Å². The minimum absolute atomic E-state index is 0.172. The third-order valence-electron chi connectivity index (χ3n) is 3.97. The number of aryl methyl sites for hydroxylation is 1. The van der Waals surface area contributed by atoms with Crippen molar-refractivity contribution in [1.29, 1.82) is 0 Å². The Hall–Kier alpha value is -3.16. The second-order valence-electron chi connectivity index (χ2n) is 8.28. The number of halogens is 3. The summed E-state index contributed by atoms with van der Waals surface area (Å²) in [6, 6.07) is 10.5. The van der Waals surface area contributed by atoms with Crippen molar-refractivity contribution >= 4 is 17.3 Å². The number of nitrogens with one attached hydrogen (secondary N) is 2. The molecule has 3 rings (SSSR count). The van der Waals surface area contributed by atoms with Crippen LogP contribution in [0, 0.1) is 12.7 Å². The molecule has 2 aromatic heterocycles. The number of anilines is 3. The molecule has 8 heteroatoms. The summed E-state index contributed by atoms with van der Waals surface area (Å²) in [5, 5.41) is 6.30. The first-order valence-electron chi connectivity index (χ1n) is 9.46. The molecule has 0 bridgehead atoms. The Morgan fingerprint density at radius 3 is 2.20 bits per heavy atom. The van der Waals surface area contributed by atoms with Crippen LogP contribution in [0.5, 0.6) is 0 Å². The zero-order valence-electron chi connectivity index (χ0n) is 17.5. The summed E-state index contributed by atoms with van der Waals surface area (Å²) in [6.45, 7) is 8.47. The lowest BCUT2D eigenvalue weighted by Gasteiger charge is -2.22. The number of hydrogen-bond acceptors (Lipinski definition) is 5. The average molecular weight is 415 g/mol. The molecule has 0 spiro atoms. The molecule has 0 saturated heterocycles. The van der Waals surface area contributed by atoms with Crippen molar-refractivity contribution in [3.8, 4) is 11.5 Å². The zero-order chi connectivity index (χ0) is 22.1. The molecule has 0 radical (unpaired) electrons. The largest absolute Gasteiger partial charge is 0.365 e. The Morgan fingerprint density at radius 1 is 0.867 bits per heavy atom. The van der Waals surface area contributed by atoms with Gasteiger partial charge in [0.05, 0.1) is 0 Å². The predicted octanol–water partition coefficient (Wildman–Crippen LogP) is 6.05. The molecule has 0 saturated carbocycles. The van der Waals surface area contributed by atoms with Gasteiger partial charge in [-0.15, -0.1) is 0 Å². The minimum atomic E-state index is -3.09. The Kier molecular flexibility index (Phi) is 5.70. The molecule has 2 N–H and O–H groups in total. The smallest absolute Gasteiger partial charge is 0.286 e. The first kappa shape index (κ1) is 21.5. The highest BCUT2D eigenvalue weighted by atomic mass is 19.3. The van der Waals surface area contributed by atoms with E-state index in [0.29, 0.717) is 17.3 Å². The molecular formula is C22H24F3N5. The second-order valence-corrected chi connectivity index (χ2v) is 8.28. The third kappa shape index (κ3) is 5.68. The molecule has 0 fully saturated rings. The maximum atomic E-state index is 13.8. The van der Waals surface area contributed by atoms with E-state index in [9.17, 15) is 13.2 Å². The average Bonchev–Trinajstić information content (AvgIpc) is 2.58. The van der Waals surface area contributed by atoms with E-state index in [2.05, 4.69) is 25.6 Å². The summed E-state index contributed by atoms with van der Waals surface area (Å²) in [5.41, 5.74) is 0.808. The van der Waals surface area contributed by atoms with Crippen molar-refractivity contribution in [3.63, 3.8) is 0 Å². The van der Waals surface area contributed by atoms with Crippen molar-refractivity contribution in [2.45, 2.75) is 46.1 Å². The topological polar surface area (TPSA) is 62.7 Å². The molecule has 5 nitrogen and oxygen atoms in total. The van der Waals surface area contributed by atoms with Crippen LogP contribution in [-0.2, 0) is 5.92 Å². The van der Waals surface area contributed by atoms with Gasteiger partial charge >= 0.3 is 0 Å². The lowest BCUT2D eigenvalue weighted by atomic mass is 10.1. The van der Waals surface area contributed by atoms with Crippen molar-refractivity contribution < 1.29 is 13.2 Å². The van der Waals surface area contributed by atoms with Gasteiger partial charge in [0.25, 0.3) is 5.92 Å². The zero-order valence-corrected chi connectivity index (χ0v) is 17.5. The van der Waals surface area contributed by atoms with Crippen molar-refractivity contribution in [1.82, 2.24) is 15.0 Å². The first-order valence-corrected chi connectivity index (χ1v) is 9.46. The predicted molar refractivity (Wildman–Crippen MR) is 113 cm³/mol. The molecule has 0 aliphatic heterocycles. The molecular weight excluding hydrogens is 391 g/mol. The van der Waals surface area contributed by atoms with Gasteiger partial charge in [-0.1, -0.05) is 6.07 Å². The van der Waals surface area contributed by atoms with Gasteiger partial charge in [-0.2, -0.15) is 8.78 Å². The van der Waals surface area contributed by atoms with Crippen LogP contribution in [0.1, 0.15) is 39.0 Å². The Bertz CT molecular complexity index is 1040. The summed E-state index contributed by atoms with van der Waals surface area (Å²) in [6.07, 6.45) is 0. The van der Waals surface area contributed by atoms with E-state index in [1.54, 1.807) is 25.1 Å². The van der Waals surface area contributed by atoms with Crippen molar-refractivity contribution in [2.24, 2.45) is 0 Å². The van der Waals surface area contributed by atoms with Crippen LogP contribution in [0.4, 0.5) is 30.5 Å². The van der Waals surface area contributed by atoms with Gasteiger partial charge in [0.1, 0.15) is 28.8 Å². The number of pyridine rings is 1. The van der Waals surface area contributed by atoms with Crippen molar-refractivity contribution in [3.05, 3.63) is 59.5 Å². The van der Waals surface area contributed by atoms with E-state index in [-0.39, 0.29) is 28.6 Å². The monoisotopic (exact) mass is 415 g/mol. The number of nitrogens with zero attached hydrogens (tertiary/aromatic N) is 3. The highest BCUT2D eigenvalue weighted by molar-refractivity contribution is 5.64. The Labute approximate surface area is 173 Å². The van der Waals surface area contributed by atoms with Gasteiger partial charge in [0, 0.05) is 24.2 Å². The Morgan fingerprint density at radius 2 is 1.57 bits per heavy atom. The number of hydrogen-bond donors (Lipinski definition) is 2. The number of alkyl halides is 2. The molecule has 0 aliphatic rings. The molecule has 0 amide bonds. The third-order valence-corrected chi connectivity index (χ3v) is 3.97. The summed E-state index contributed by atoms with van der Waals surface area (Å²) in [5.74, 6) is -2.42. The van der Waals surface area contributed by atoms with Crippen LogP contribution in [-0.4, -0.2) is 20.5 Å². The highest BCUT2D eigenvalue weighted by Crippen LogP contribution is 2.28. The van der Waals surface area contributed by atoms with E-state index >= 15 is 0 Å². The molecule has 0 aliphatic carbocycles. The van der Waals surface area contributed by atoms with Gasteiger partial charge in [0.15, 0.2) is 5.82 Å². The highest BCUT2D eigenvalue weighted by Gasteiger charge is 2.26. The van der Waals surface area contributed by atoms with Crippen LogP contribution in [0.3, 0.4) is 0 Å². The normalized spacial score (nSPS) is 12.0. The number of rotatable bonds is 5. The summed E-state index contributed by atoms with van der Waals surface area (Å²) >= 11 is 0. The first-order chi connectivity index (χ1) is 13.9. The van der Waals surface area contributed by atoms with Crippen LogP contribution < -0.4 is 10.6 Å². The quantitative estimate of drug-likeness (QED) is 0.531. The lowest BCUT2D eigenvalue weighted by molar-refractivity contribution is 0.0129. The van der Waals surface area contributed by atoms with E-state index < -0.39 is 5.92 Å². The minimum Gasteiger partial charge on any atom is -0.365 e. The van der Waals surface area contributed by atoms with E-state index in [1.807, 2.05) is 20.8 Å². The van der Waals surface area contributed by atoms with Crippen LogP contribution in [0.2, 0.25) is 0 Å². The molecule has 0 atom stereocenters. The fourth-order valence-electron chi connectivity index (χ4n) is 2.83. The number of aromatic nitrogens is 3. The maximum absolute atomic E-state index is 13.8. The summed E-state index contributed by atoms with van der Waals surface area (Å²) < 4.78 is 41.2. The summed E-state index contributed by atoms with van der Waals surface area (Å²) in [4.78, 5) is 12.9. The molecule has 2 heterocycles. The number of benzene rings is 1. The molecule has 158 valence electrons. The fourth-order valence-corrected chi connectivity index (χ4v) is 2.83. The fraction of sp³-hybridized carbons (Fsp3) is 0.318. The van der Waals surface area contributed by atoms with Crippen LogP contribution in [0.15, 0.2) is 42.5 Å². The maximum Gasteiger partial charge on any atom is 0.286 e. The lowest BCUT2D eigenvalue weighted by Crippen LogP contribution is -2.27. The summed E-state index contributed by atoms with van der Waals surface area (Å²) in [7, 11) is 0. The van der Waals surface area contributed by atoms with Gasteiger partial charge in [-0.05, 0) is 63.6 Å². The van der Waals surface area contributed by atoms with Crippen LogP contribution >= 0.6 is 0 Å². The van der Waals surface area contributed by atoms with Crippen LogP contribution in [0.25, 0.3) is 11.5 Å². The standard InChI is InChI=1S/C22H24F3N5/c1-13-9-14(23)11-15(10-13)26-18-12-19(30-21(2,3)4)29-20(28-18)16-7-6-8-17(27-16)22(5,24)25/h6-12H,1-5H3,(H2,26,28,29,30). The van der Waals surface area contributed by atoms with E-state index in [0.717, 1.165) is 12.5 Å². The Balaban J connectivity index is 2.06.